The second-order valence-electron chi connectivity index (χ2n) is 6.03. The van der Waals surface area contributed by atoms with Gasteiger partial charge in [-0.1, -0.05) is 68.2 Å². The van der Waals surface area contributed by atoms with Crippen LogP contribution in [-0.4, -0.2) is 38.1 Å². The molecule has 1 aromatic rings. The Morgan fingerprint density at radius 1 is 1.41 bits per heavy atom. The van der Waals surface area contributed by atoms with Crippen molar-refractivity contribution in [3.63, 3.8) is 0 Å². The molecule has 1 saturated heterocycles. The second kappa shape index (κ2) is 8.09. The Morgan fingerprint density at radius 3 is 2.73 bits per heavy atom. The molecule has 120 valence electrons. The Morgan fingerprint density at radius 2 is 2.09 bits per heavy atom. The van der Waals surface area contributed by atoms with Crippen molar-refractivity contribution in [2.75, 3.05) is 5.75 Å². The van der Waals surface area contributed by atoms with Crippen molar-refractivity contribution in [1.82, 2.24) is 4.90 Å². The van der Waals surface area contributed by atoms with Gasteiger partial charge in [0, 0.05) is 11.8 Å². The number of hydrogen-bond acceptors (Lipinski definition) is 4. The zero-order valence-electron chi connectivity index (χ0n) is 13.1. The van der Waals surface area contributed by atoms with Crippen LogP contribution in [0.25, 0.3) is 0 Å². The Hall–Kier alpha value is -0.910. The Kier molecular flexibility index (Phi) is 6.41. The van der Waals surface area contributed by atoms with Crippen LogP contribution in [0.15, 0.2) is 30.3 Å². The number of amides is 1. The van der Waals surface area contributed by atoms with Gasteiger partial charge in [-0.2, -0.15) is 0 Å². The van der Waals surface area contributed by atoms with E-state index in [1.807, 2.05) is 30.3 Å². The molecular formula is C17H23NO2S2. The minimum Gasteiger partial charge on any atom is -0.393 e. The number of thioether (sulfide) groups is 1. The monoisotopic (exact) mass is 337 g/mol. The highest BCUT2D eigenvalue weighted by Gasteiger charge is 2.36. The van der Waals surface area contributed by atoms with Crippen molar-refractivity contribution >= 4 is 34.2 Å². The van der Waals surface area contributed by atoms with E-state index in [1.165, 1.54) is 5.56 Å². The van der Waals surface area contributed by atoms with Gasteiger partial charge in [-0.3, -0.25) is 9.69 Å². The fourth-order valence-corrected chi connectivity index (χ4v) is 4.26. The fraction of sp³-hybridized carbons (Fsp3) is 0.529. The van der Waals surface area contributed by atoms with Gasteiger partial charge in [0.15, 0.2) is 0 Å². The first-order chi connectivity index (χ1) is 10.5. The number of aliphatic hydroxyl groups excluding tert-OH is 1. The molecule has 1 heterocycles. The largest absolute Gasteiger partial charge is 0.393 e. The Labute approximate surface area is 142 Å². The molecule has 5 heteroatoms. The summed E-state index contributed by atoms with van der Waals surface area (Å²) in [5.41, 5.74) is 1.18. The molecule has 1 N–H and O–H groups in total. The summed E-state index contributed by atoms with van der Waals surface area (Å²) in [4.78, 5) is 14.2. The summed E-state index contributed by atoms with van der Waals surface area (Å²) in [7, 11) is 0. The average Bonchev–Trinajstić information content (AvgIpc) is 2.88. The van der Waals surface area contributed by atoms with Crippen LogP contribution in [0.1, 0.15) is 32.3 Å². The minimum atomic E-state index is -0.617. The number of benzene rings is 1. The molecule has 0 unspecified atom stereocenters. The summed E-state index contributed by atoms with van der Waals surface area (Å²) >= 11 is 6.86. The highest BCUT2D eigenvalue weighted by molar-refractivity contribution is 8.23. The van der Waals surface area contributed by atoms with Gasteiger partial charge in [0.1, 0.15) is 4.32 Å². The molecule has 0 bridgehead atoms. The third kappa shape index (κ3) is 4.54. The molecule has 0 spiro atoms. The van der Waals surface area contributed by atoms with Crippen molar-refractivity contribution in [1.29, 1.82) is 0 Å². The summed E-state index contributed by atoms with van der Waals surface area (Å²) in [6, 6.07) is 10.2. The first-order valence-corrected chi connectivity index (χ1v) is 9.09. The topological polar surface area (TPSA) is 40.5 Å². The van der Waals surface area contributed by atoms with Crippen molar-refractivity contribution in [3.05, 3.63) is 35.9 Å². The standard InChI is InChI=1S/C17H23NO2S2/c1-12(2)15-11-22-17(21)18(15)16(20)10-14(19)9-8-13-6-4-3-5-7-13/h3-7,12,14-15,19H,8-11H2,1-2H3/t14-,15+/m0/s1. The lowest BCUT2D eigenvalue weighted by Gasteiger charge is -2.27. The predicted octanol–water partition coefficient (Wildman–Crippen LogP) is 3.26. The summed E-state index contributed by atoms with van der Waals surface area (Å²) in [6.45, 7) is 4.20. The first kappa shape index (κ1) is 17.4. The maximum Gasteiger partial charge on any atom is 0.230 e. The molecule has 1 aliphatic rings. The molecule has 1 fully saturated rings. The normalized spacial score (nSPS) is 19.7. The van der Waals surface area contributed by atoms with E-state index in [1.54, 1.807) is 16.7 Å². The molecular weight excluding hydrogens is 314 g/mol. The van der Waals surface area contributed by atoms with Gasteiger partial charge >= 0.3 is 0 Å². The van der Waals surface area contributed by atoms with Crippen LogP contribution in [0.4, 0.5) is 0 Å². The van der Waals surface area contributed by atoms with Crippen LogP contribution in [0, 0.1) is 5.92 Å². The van der Waals surface area contributed by atoms with Crippen LogP contribution < -0.4 is 0 Å². The number of thiocarbonyl (C=S) groups is 1. The molecule has 3 nitrogen and oxygen atoms in total. The van der Waals surface area contributed by atoms with Gasteiger partial charge in [0.2, 0.25) is 5.91 Å². The molecule has 0 aliphatic carbocycles. The van der Waals surface area contributed by atoms with Gasteiger partial charge in [0.25, 0.3) is 0 Å². The number of aliphatic hydroxyl groups is 1. The summed E-state index contributed by atoms with van der Waals surface area (Å²) < 4.78 is 0.652. The van der Waals surface area contributed by atoms with Crippen molar-refractivity contribution in [2.45, 2.75) is 45.3 Å². The molecule has 2 rings (SSSR count). The Bertz CT molecular complexity index is 519. The van der Waals surface area contributed by atoms with Crippen LogP contribution in [0.3, 0.4) is 0 Å². The minimum absolute atomic E-state index is 0.0470. The van der Waals surface area contributed by atoms with Crippen LogP contribution >= 0.6 is 24.0 Å². The number of aryl methyl sites for hydroxylation is 1. The molecule has 1 amide bonds. The maximum atomic E-state index is 12.5. The lowest BCUT2D eigenvalue weighted by atomic mass is 10.0. The highest BCUT2D eigenvalue weighted by Crippen LogP contribution is 2.29. The number of hydrogen-bond donors (Lipinski definition) is 1. The van der Waals surface area contributed by atoms with E-state index in [-0.39, 0.29) is 18.4 Å². The van der Waals surface area contributed by atoms with Gasteiger partial charge in [0.05, 0.1) is 12.5 Å². The van der Waals surface area contributed by atoms with E-state index in [9.17, 15) is 9.90 Å². The third-order valence-electron chi connectivity index (χ3n) is 3.96. The Balaban J connectivity index is 1.86. The maximum absolute atomic E-state index is 12.5. The van der Waals surface area contributed by atoms with Crippen molar-refractivity contribution < 1.29 is 9.90 Å². The molecule has 1 aliphatic heterocycles. The number of carbonyl (C=O) groups excluding carboxylic acids is 1. The number of carbonyl (C=O) groups is 1. The van der Waals surface area contributed by atoms with E-state index >= 15 is 0 Å². The van der Waals surface area contributed by atoms with Gasteiger partial charge < -0.3 is 5.11 Å². The van der Waals surface area contributed by atoms with Crippen molar-refractivity contribution in [3.8, 4) is 0 Å². The lowest BCUT2D eigenvalue weighted by molar-refractivity contribution is -0.130. The number of nitrogens with zero attached hydrogens (tertiary/aromatic N) is 1. The predicted molar refractivity (Wildman–Crippen MR) is 95.9 cm³/mol. The smallest absolute Gasteiger partial charge is 0.230 e. The van der Waals surface area contributed by atoms with E-state index in [2.05, 4.69) is 13.8 Å². The van der Waals surface area contributed by atoms with E-state index in [0.717, 1.165) is 12.2 Å². The highest BCUT2D eigenvalue weighted by atomic mass is 32.2. The summed E-state index contributed by atoms with van der Waals surface area (Å²) in [5, 5.41) is 10.2. The van der Waals surface area contributed by atoms with Gasteiger partial charge in [-0.05, 0) is 24.3 Å². The van der Waals surface area contributed by atoms with E-state index < -0.39 is 6.10 Å². The van der Waals surface area contributed by atoms with E-state index in [0.29, 0.717) is 16.7 Å². The van der Waals surface area contributed by atoms with Crippen molar-refractivity contribution in [2.24, 2.45) is 5.92 Å². The fourth-order valence-electron chi connectivity index (χ4n) is 2.59. The summed E-state index contributed by atoms with van der Waals surface area (Å²) in [5.74, 6) is 1.19. The third-order valence-corrected chi connectivity index (χ3v) is 5.47. The van der Waals surface area contributed by atoms with Gasteiger partial charge in [-0.25, -0.2) is 0 Å². The molecule has 0 radical (unpaired) electrons. The second-order valence-corrected chi connectivity index (χ2v) is 7.69. The zero-order valence-corrected chi connectivity index (χ0v) is 14.7. The SMILES string of the molecule is CC(C)[C@H]1CSC(=S)N1C(=O)C[C@@H](O)CCc1ccccc1. The zero-order chi connectivity index (χ0) is 16.1. The van der Waals surface area contributed by atoms with Crippen LogP contribution in [0.5, 0.6) is 0 Å². The van der Waals surface area contributed by atoms with Gasteiger partial charge in [-0.15, -0.1) is 0 Å². The summed E-state index contributed by atoms with van der Waals surface area (Å²) in [6.07, 6.45) is 0.906. The number of rotatable bonds is 6. The lowest BCUT2D eigenvalue weighted by Crippen LogP contribution is -2.42. The molecule has 0 saturated carbocycles. The molecule has 2 atom stereocenters. The average molecular weight is 338 g/mol. The first-order valence-electron chi connectivity index (χ1n) is 7.70. The molecule has 0 aromatic heterocycles. The van der Waals surface area contributed by atoms with E-state index in [4.69, 9.17) is 12.2 Å². The van der Waals surface area contributed by atoms with Crippen LogP contribution in [-0.2, 0) is 11.2 Å². The quantitative estimate of drug-likeness (QED) is 0.809. The molecule has 1 aromatic carbocycles. The van der Waals surface area contributed by atoms with Crippen LogP contribution in [0.2, 0.25) is 0 Å². The molecule has 22 heavy (non-hydrogen) atoms.